The van der Waals surface area contributed by atoms with E-state index in [1.807, 2.05) is 0 Å². The van der Waals surface area contributed by atoms with Gasteiger partial charge < -0.3 is 10.5 Å². The van der Waals surface area contributed by atoms with Gasteiger partial charge in [0, 0.05) is 12.1 Å². The van der Waals surface area contributed by atoms with Crippen LogP contribution in [0.25, 0.3) is 0 Å². The second-order valence-electron chi connectivity index (χ2n) is 3.62. The Bertz CT molecular complexity index is 644. The highest BCUT2D eigenvalue weighted by Crippen LogP contribution is 2.31. The third-order valence-corrected chi connectivity index (χ3v) is 2.12. The fourth-order valence-electron chi connectivity index (χ4n) is 1.31. The summed E-state index contributed by atoms with van der Waals surface area (Å²) in [7, 11) is 0. The molecule has 0 saturated carbocycles. The van der Waals surface area contributed by atoms with E-state index in [0.717, 1.165) is 12.1 Å². The monoisotopic (exact) mass is 291 g/mol. The molecular formula is C11H6F5N3O. The first-order valence-corrected chi connectivity index (χ1v) is 5.10. The van der Waals surface area contributed by atoms with Crippen LogP contribution in [0.4, 0.5) is 27.9 Å². The molecule has 1 aromatic heterocycles. The van der Waals surface area contributed by atoms with Crippen LogP contribution in [0.2, 0.25) is 0 Å². The number of rotatable bonds is 2. The molecule has 0 atom stereocenters. The van der Waals surface area contributed by atoms with E-state index in [2.05, 4.69) is 9.97 Å². The average molecular weight is 291 g/mol. The van der Waals surface area contributed by atoms with Gasteiger partial charge in [0.15, 0.2) is 17.3 Å². The molecule has 4 nitrogen and oxygen atoms in total. The van der Waals surface area contributed by atoms with Crippen LogP contribution in [0.5, 0.6) is 11.6 Å². The predicted molar refractivity (Wildman–Crippen MR) is 57.9 cm³/mol. The number of halogens is 5. The maximum atomic E-state index is 13.3. The zero-order valence-electron chi connectivity index (χ0n) is 9.58. The second kappa shape index (κ2) is 4.91. The lowest BCUT2D eigenvalue weighted by Gasteiger charge is -2.10. The standard InChI is InChI=1S/C11H6F5N3O/c12-5-1-2-6(13)7(3-5)20-9-4-8(11(14,15)16)18-10(17)19-9/h1-4H,(H2,17,18,19). The quantitative estimate of drug-likeness (QED) is 0.863. The molecule has 106 valence electrons. The molecule has 20 heavy (non-hydrogen) atoms. The number of benzene rings is 1. The van der Waals surface area contributed by atoms with E-state index >= 15 is 0 Å². The van der Waals surface area contributed by atoms with E-state index in [1.54, 1.807) is 0 Å². The van der Waals surface area contributed by atoms with Crippen molar-refractivity contribution in [3.8, 4) is 11.6 Å². The number of hydrogen-bond acceptors (Lipinski definition) is 4. The Morgan fingerprint density at radius 3 is 2.40 bits per heavy atom. The summed E-state index contributed by atoms with van der Waals surface area (Å²) in [6, 6.07) is 2.69. The van der Waals surface area contributed by atoms with Gasteiger partial charge in [-0.2, -0.15) is 18.2 Å². The van der Waals surface area contributed by atoms with Crippen molar-refractivity contribution in [1.29, 1.82) is 0 Å². The van der Waals surface area contributed by atoms with Gasteiger partial charge in [0.1, 0.15) is 5.82 Å². The van der Waals surface area contributed by atoms with Crippen molar-refractivity contribution in [2.24, 2.45) is 0 Å². The van der Waals surface area contributed by atoms with E-state index in [-0.39, 0.29) is 0 Å². The Kier molecular flexibility index (Phi) is 3.43. The third kappa shape index (κ3) is 3.11. The molecule has 0 spiro atoms. The van der Waals surface area contributed by atoms with Crippen LogP contribution in [0, 0.1) is 11.6 Å². The summed E-state index contributed by atoms with van der Waals surface area (Å²) >= 11 is 0. The van der Waals surface area contributed by atoms with Crippen LogP contribution < -0.4 is 10.5 Å². The highest BCUT2D eigenvalue weighted by molar-refractivity contribution is 5.33. The number of nitrogens with zero attached hydrogens (tertiary/aromatic N) is 2. The van der Waals surface area contributed by atoms with Crippen LogP contribution in [0.3, 0.4) is 0 Å². The molecule has 9 heteroatoms. The maximum Gasteiger partial charge on any atom is 0.433 e. The molecule has 0 radical (unpaired) electrons. The molecule has 2 rings (SSSR count). The Labute approximate surface area is 109 Å². The van der Waals surface area contributed by atoms with Gasteiger partial charge in [0.2, 0.25) is 11.8 Å². The van der Waals surface area contributed by atoms with E-state index in [0.29, 0.717) is 12.1 Å². The molecule has 1 aromatic carbocycles. The lowest BCUT2D eigenvalue weighted by molar-refractivity contribution is -0.141. The molecule has 0 fully saturated rings. The third-order valence-electron chi connectivity index (χ3n) is 2.12. The summed E-state index contributed by atoms with van der Waals surface area (Å²) in [6.07, 6.45) is -4.77. The largest absolute Gasteiger partial charge is 0.436 e. The van der Waals surface area contributed by atoms with E-state index in [1.165, 1.54) is 0 Å². The van der Waals surface area contributed by atoms with Crippen molar-refractivity contribution < 1.29 is 26.7 Å². The molecule has 0 unspecified atom stereocenters. The molecule has 0 aliphatic rings. The van der Waals surface area contributed by atoms with Crippen molar-refractivity contribution in [2.45, 2.75) is 6.18 Å². The molecule has 2 N–H and O–H groups in total. The minimum Gasteiger partial charge on any atom is -0.436 e. The van der Waals surface area contributed by atoms with Gasteiger partial charge in [-0.15, -0.1) is 0 Å². The van der Waals surface area contributed by atoms with Crippen molar-refractivity contribution in [1.82, 2.24) is 9.97 Å². The van der Waals surface area contributed by atoms with Gasteiger partial charge in [-0.25, -0.2) is 13.8 Å². The van der Waals surface area contributed by atoms with Gasteiger partial charge in [0.25, 0.3) is 0 Å². The molecular weight excluding hydrogens is 285 g/mol. The van der Waals surface area contributed by atoms with Gasteiger partial charge >= 0.3 is 6.18 Å². The van der Waals surface area contributed by atoms with E-state index in [9.17, 15) is 22.0 Å². The first-order chi connectivity index (χ1) is 9.25. The zero-order chi connectivity index (χ0) is 14.9. The minimum absolute atomic E-state index is 0.431. The summed E-state index contributed by atoms with van der Waals surface area (Å²) < 4.78 is 68.5. The van der Waals surface area contributed by atoms with Crippen molar-refractivity contribution in [3.05, 3.63) is 41.6 Å². The maximum absolute atomic E-state index is 13.3. The molecule has 0 bridgehead atoms. The van der Waals surface area contributed by atoms with Crippen molar-refractivity contribution >= 4 is 5.95 Å². The highest BCUT2D eigenvalue weighted by Gasteiger charge is 2.34. The van der Waals surface area contributed by atoms with Gasteiger partial charge in [-0.05, 0) is 12.1 Å². The highest BCUT2D eigenvalue weighted by atomic mass is 19.4. The number of hydrogen-bond donors (Lipinski definition) is 1. The first kappa shape index (κ1) is 14.0. The lowest BCUT2D eigenvalue weighted by atomic mass is 10.3. The Hall–Kier alpha value is -2.45. The molecule has 0 aliphatic heterocycles. The zero-order valence-corrected chi connectivity index (χ0v) is 9.58. The van der Waals surface area contributed by atoms with Crippen LogP contribution in [-0.2, 0) is 6.18 Å². The van der Waals surface area contributed by atoms with Crippen LogP contribution in [0.1, 0.15) is 5.69 Å². The van der Waals surface area contributed by atoms with Crippen molar-refractivity contribution in [3.63, 3.8) is 0 Å². The smallest absolute Gasteiger partial charge is 0.433 e. The van der Waals surface area contributed by atoms with E-state index < -0.39 is 41.1 Å². The number of aromatic nitrogens is 2. The van der Waals surface area contributed by atoms with Crippen LogP contribution in [0.15, 0.2) is 24.3 Å². The Morgan fingerprint density at radius 1 is 1.05 bits per heavy atom. The molecule has 0 saturated heterocycles. The lowest BCUT2D eigenvalue weighted by Crippen LogP contribution is -2.11. The minimum atomic E-state index is -4.77. The number of alkyl halides is 3. The van der Waals surface area contributed by atoms with Gasteiger partial charge in [-0.3, -0.25) is 0 Å². The van der Waals surface area contributed by atoms with Crippen LogP contribution >= 0.6 is 0 Å². The summed E-state index contributed by atoms with van der Waals surface area (Å²) in [5.74, 6) is -3.74. The number of ether oxygens (including phenoxy) is 1. The topological polar surface area (TPSA) is 61.0 Å². The van der Waals surface area contributed by atoms with Gasteiger partial charge in [0.05, 0.1) is 0 Å². The Morgan fingerprint density at radius 2 is 1.75 bits per heavy atom. The second-order valence-corrected chi connectivity index (χ2v) is 3.62. The fraction of sp³-hybridized carbons (Fsp3) is 0.0909. The molecule has 2 aromatic rings. The Balaban J connectivity index is 2.39. The predicted octanol–water partition coefficient (Wildman–Crippen LogP) is 3.15. The number of anilines is 1. The number of nitrogens with two attached hydrogens (primary N) is 1. The van der Waals surface area contributed by atoms with Crippen LogP contribution in [-0.4, -0.2) is 9.97 Å². The van der Waals surface area contributed by atoms with Gasteiger partial charge in [-0.1, -0.05) is 0 Å². The summed E-state index contributed by atoms with van der Waals surface area (Å²) in [4.78, 5) is 6.35. The SMILES string of the molecule is Nc1nc(Oc2cc(F)ccc2F)cc(C(F)(F)F)n1. The molecule has 0 amide bonds. The molecule has 1 heterocycles. The normalized spacial score (nSPS) is 11.4. The summed E-state index contributed by atoms with van der Waals surface area (Å²) in [5.41, 5.74) is 3.76. The van der Waals surface area contributed by atoms with E-state index in [4.69, 9.17) is 10.5 Å². The van der Waals surface area contributed by atoms with Crippen molar-refractivity contribution in [2.75, 3.05) is 5.73 Å². The summed E-state index contributed by atoms with van der Waals surface area (Å²) in [6.45, 7) is 0. The number of nitrogen functional groups attached to an aromatic ring is 1. The fourth-order valence-corrected chi connectivity index (χ4v) is 1.31. The average Bonchev–Trinajstić information content (AvgIpc) is 2.32. The molecule has 0 aliphatic carbocycles. The first-order valence-electron chi connectivity index (χ1n) is 5.10. The summed E-state index contributed by atoms with van der Waals surface area (Å²) in [5, 5.41) is 0.